The summed E-state index contributed by atoms with van der Waals surface area (Å²) < 4.78 is 7.22. The molecule has 1 unspecified atom stereocenters. The Hall–Kier alpha value is -2.40. The van der Waals surface area contributed by atoms with Crippen molar-refractivity contribution in [1.29, 1.82) is 0 Å². The number of fused-ring (bicyclic) bond motifs is 1. The molecule has 2 heterocycles. The van der Waals surface area contributed by atoms with E-state index < -0.39 is 0 Å². The van der Waals surface area contributed by atoms with Gasteiger partial charge in [-0.3, -0.25) is 9.59 Å². The zero-order valence-corrected chi connectivity index (χ0v) is 13.5. The molecule has 0 saturated heterocycles. The summed E-state index contributed by atoms with van der Waals surface area (Å²) in [5.41, 5.74) is 2.11. The van der Waals surface area contributed by atoms with Crippen molar-refractivity contribution in [3.63, 3.8) is 0 Å². The van der Waals surface area contributed by atoms with Crippen LogP contribution in [0.2, 0.25) is 0 Å². The van der Waals surface area contributed by atoms with E-state index >= 15 is 0 Å². The van der Waals surface area contributed by atoms with Gasteiger partial charge in [-0.05, 0) is 31.4 Å². The molecule has 0 fully saturated rings. The average molecular weight is 327 g/mol. The summed E-state index contributed by atoms with van der Waals surface area (Å²) in [6.07, 6.45) is 1.95. The van der Waals surface area contributed by atoms with Crippen LogP contribution in [0.25, 0.3) is 0 Å². The minimum absolute atomic E-state index is 0.0289. The number of aliphatic hydroxyl groups is 1. The van der Waals surface area contributed by atoms with Crippen LogP contribution in [-0.4, -0.2) is 34.6 Å². The zero-order valence-electron chi connectivity index (χ0n) is 13.5. The van der Waals surface area contributed by atoms with Crippen LogP contribution >= 0.6 is 0 Å². The number of benzene rings is 1. The van der Waals surface area contributed by atoms with Gasteiger partial charge in [0.15, 0.2) is 0 Å². The summed E-state index contributed by atoms with van der Waals surface area (Å²) in [6.45, 7) is 1.08. The van der Waals surface area contributed by atoms with E-state index in [4.69, 9.17) is 9.84 Å². The van der Waals surface area contributed by atoms with Gasteiger partial charge >= 0.3 is 5.97 Å². The van der Waals surface area contributed by atoms with E-state index in [-0.39, 0.29) is 24.3 Å². The second-order valence-electron chi connectivity index (χ2n) is 5.93. The van der Waals surface area contributed by atoms with Gasteiger partial charge in [0.1, 0.15) is 0 Å². The summed E-state index contributed by atoms with van der Waals surface area (Å²) in [5.74, 6) is -0.584. The fraction of sp³-hybridized carbons (Fsp3) is 0.368. The molecule has 126 valence electrons. The summed E-state index contributed by atoms with van der Waals surface area (Å²) >= 11 is 0. The van der Waals surface area contributed by atoms with Gasteiger partial charge < -0.3 is 14.4 Å². The first-order valence-corrected chi connectivity index (χ1v) is 8.29. The molecule has 1 aliphatic heterocycles. The third-order valence-corrected chi connectivity index (χ3v) is 4.36. The first-order valence-electron chi connectivity index (χ1n) is 8.29. The normalized spacial score (nSPS) is 16.0. The highest BCUT2D eigenvalue weighted by molar-refractivity contribution is 6.08. The number of carbonyl (C=O) groups is 2. The molecule has 1 aliphatic rings. The number of carbonyl (C=O) groups excluding carboxylic acids is 2. The van der Waals surface area contributed by atoms with Crippen molar-refractivity contribution in [2.45, 2.75) is 31.7 Å². The largest absolute Gasteiger partial charge is 0.465 e. The molecule has 0 bridgehead atoms. The number of nitrogens with zero attached hydrogens (tertiary/aromatic N) is 1. The van der Waals surface area contributed by atoms with Crippen LogP contribution in [0, 0.1) is 0 Å². The summed E-state index contributed by atoms with van der Waals surface area (Å²) in [4.78, 5) is 24.9. The van der Waals surface area contributed by atoms with Crippen molar-refractivity contribution in [2.24, 2.45) is 0 Å². The number of aromatic nitrogens is 1. The Morgan fingerprint density at radius 3 is 2.67 bits per heavy atom. The number of esters is 1. The maximum atomic E-state index is 12.6. The van der Waals surface area contributed by atoms with E-state index in [2.05, 4.69) is 0 Å². The number of aliphatic hydroxyl groups excluding tert-OH is 1. The fourth-order valence-electron chi connectivity index (χ4n) is 3.10. The molecule has 0 amide bonds. The van der Waals surface area contributed by atoms with E-state index in [9.17, 15) is 9.59 Å². The summed E-state index contributed by atoms with van der Waals surface area (Å²) in [7, 11) is 0. The molecule has 24 heavy (non-hydrogen) atoms. The highest BCUT2D eigenvalue weighted by atomic mass is 16.5. The number of hydrogen-bond acceptors (Lipinski definition) is 4. The lowest BCUT2D eigenvalue weighted by molar-refractivity contribution is -0.145. The smallest absolute Gasteiger partial charge is 0.315 e. The van der Waals surface area contributed by atoms with Crippen LogP contribution in [0.15, 0.2) is 42.5 Å². The maximum absolute atomic E-state index is 12.6. The monoisotopic (exact) mass is 327 g/mol. The Morgan fingerprint density at radius 2 is 1.92 bits per heavy atom. The lowest BCUT2D eigenvalue weighted by Crippen LogP contribution is -2.15. The molecule has 2 aromatic rings. The van der Waals surface area contributed by atoms with Crippen LogP contribution in [-0.2, 0) is 16.1 Å². The molecule has 1 aromatic carbocycles. The van der Waals surface area contributed by atoms with Crippen molar-refractivity contribution in [1.82, 2.24) is 4.57 Å². The van der Waals surface area contributed by atoms with Gasteiger partial charge in [0, 0.05) is 24.4 Å². The molecule has 0 saturated carbocycles. The van der Waals surface area contributed by atoms with Gasteiger partial charge in [-0.1, -0.05) is 30.3 Å². The Bertz CT molecular complexity index is 720. The molecule has 5 nitrogen and oxygen atoms in total. The summed E-state index contributed by atoms with van der Waals surface area (Å²) in [6, 6.07) is 12.8. The second kappa shape index (κ2) is 7.45. The minimum Gasteiger partial charge on any atom is -0.465 e. The predicted molar refractivity (Wildman–Crippen MR) is 88.9 cm³/mol. The third-order valence-electron chi connectivity index (χ3n) is 4.36. The molecule has 0 aliphatic carbocycles. The molecule has 1 N–H and O–H groups in total. The standard InChI is InChI=1S/C19H21NO4/c21-12-4-5-13-24-19(23)15-10-11-20-16(15)8-9-17(20)18(22)14-6-2-1-3-7-14/h1-3,6-9,15,21H,4-5,10-13H2. The van der Waals surface area contributed by atoms with Gasteiger partial charge in [0.05, 0.1) is 18.2 Å². The zero-order chi connectivity index (χ0) is 16.9. The van der Waals surface area contributed by atoms with E-state index in [1.54, 1.807) is 18.2 Å². The van der Waals surface area contributed by atoms with Crippen LogP contribution in [0.4, 0.5) is 0 Å². The second-order valence-corrected chi connectivity index (χ2v) is 5.93. The van der Waals surface area contributed by atoms with E-state index in [1.165, 1.54) is 0 Å². The number of rotatable bonds is 7. The number of ether oxygens (including phenoxy) is 1. The molecule has 1 aromatic heterocycles. The highest BCUT2D eigenvalue weighted by Gasteiger charge is 2.32. The summed E-state index contributed by atoms with van der Waals surface area (Å²) in [5, 5.41) is 8.75. The molecular weight excluding hydrogens is 306 g/mol. The number of unbranched alkanes of at least 4 members (excludes halogenated alkanes) is 1. The lowest BCUT2D eigenvalue weighted by atomic mass is 10.1. The predicted octanol–water partition coefficient (Wildman–Crippen LogP) is 2.52. The van der Waals surface area contributed by atoms with Crippen molar-refractivity contribution in [3.05, 3.63) is 59.4 Å². The first-order chi connectivity index (χ1) is 11.7. The molecule has 0 radical (unpaired) electrons. The number of ketones is 1. The molecular formula is C19H21NO4. The Balaban J connectivity index is 1.71. The lowest BCUT2D eigenvalue weighted by Gasteiger charge is -2.09. The first kappa shape index (κ1) is 16.5. The SMILES string of the molecule is O=C(c1ccccc1)c1ccc2n1CCC2C(=O)OCCCCO. The third kappa shape index (κ3) is 3.26. The fourth-order valence-corrected chi connectivity index (χ4v) is 3.10. The van der Waals surface area contributed by atoms with Crippen molar-refractivity contribution < 1.29 is 19.4 Å². The Labute approximate surface area is 140 Å². The Morgan fingerprint density at radius 1 is 1.12 bits per heavy atom. The van der Waals surface area contributed by atoms with Crippen LogP contribution in [0.1, 0.15) is 46.9 Å². The van der Waals surface area contributed by atoms with Crippen molar-refractivity contribution >= 4 is 11.8 Å². The highest BCUT2D eigenvalue weighted by Crippen LogP contribution is 2.32. The maximum Gasteiger partial charge on any atom is 0.315 e. The van der Waals surface area contributed by atoms with Gasteiger partial charge in [0.2, 0.25) is 5.78 Å². The van der Waals surface area contributed by atoms with Crippen LogP contribution in [0.5, 0.6) is 0 Å². The molecule has 0 spiro atoms. The van der Waals surface area contributed by atoms with Gasteiger partial charge in [0.25, 0.3) is 0 Å². The van der Waals surface area contributed by atoms with Crippen LogP contribution < -0.4 is 0 Å². The van der Waals surface area contributed by atoms with Crippen molar-refractivity contribution in [2.75, 3.05) is 13.2 Å². The topological polar surface area (TPSA) is 68.5 Å². The van der Waals surface area contributed by atoms with E-state index in [0.717, 1.165) is 5.69 Å². The van der Waals surface area contributed by atoms with Gasteiger partial charge in [-0.15, -0.1) is 0 Å². The minimum atomic E-state index is -0.309. The molecule has 3 rings (SSSR count). The van der Waals surface area contributed by atoms with Crippen molar-refractivity contribution in [3.8, 4) is 0 Å². The van der Waals surface area contributed by atoms with Gasteiger partial charge in [-0.2, -0.15) is 0 Å². The average Bonchev–Trinajstić information content (AvgIpc) is 3.20. The van der Waals surface area contributed by atoms with Gasteiger partial charge in [-0.25, -0.2) is 0 Å². The van der Waals surface area contributed by atoms with Crippen LogP contribution in [0.3, 0.4) is 0 Å². The quantitative estimate of drug-likeness (QED) is 0.482. The molecule has 1 atom stereocenters. The van der Waals surface area contributed by atoms with E-state index in [1.807, 2.05) is 28.8 Å². The van der Waals surface area contributed by atoms with E-state index in [0.29, 0.717) is 43.7 Å². The Kier molecular flexibility index (Phi) is 5.11. The molecule has 5 heteroatoms. The number of hydrogen-bond donors (Lipinski definition) is 1.